The second-order valence-corrected chi connectivity index (χ2v) is 5.96. The van der Waals surface area contributed by atoms with E-state index in [-0.39, 0.29) is 23.2 Å². The topological polar surface area (TPSA) is 63.6 Å². The number of Topliss-reactive ketones (excluding diaryl/α,β-unsaturated/α-hetero) is 1. The number of halogens is 1. The number of allylic oxidation sites excluding steroid dienone is 2. The van der Waals surface area contributed by atoms with Crippen LogP contribution >= 0.6 is 22.6 Å². The predicted molar refractivity (Wildman–Crippen MR) is 67.2 cm³/mol. The van der Waals surface area contributed by atoms with Gasteiger partial charge in [0.25, 0.3) is 0 Å². The largest absolute Gasteiger partial charge is 0.498 e. The SMILES string of the molecule is COC1=CC(=O)C2C=C(I)[C@H]3CC(=O)C2[C@@]13O. The van der Waals surface area contributed by atoms with Crippen LogP contribution in [0.2, 0.25) is 0 Å². The van der Waals surface area contributed by atoms with E-state index in [4.69, 9.17) is 4.74 Å². The number of ketones is 2. The molecule has 1 saturated carbocycles. The minimum Gasteiger partial charge on any atom is -0.498 e. The van der Waals surface area contributed by atoms with Gasteiger partial charge >= 0.3 is 0 Å². The highest BCUT2D eigenvalue weighted by Crippen LogP contribution is 2.57. The van der Waals surface area contributed by atoms with Gasteiger partial charge in [0.1, 0.15) is 17.1 Å². The van der Waals surface area contributed by atoms with Gasteiger partial charge < -0.3 is 9.84 Å². The highest BCUT2D eigenvalue weighted by molar-refractivity contribution is 14.1. The fraction of sp³-hybridized carbons (Fsp3) is 0.500. The summed E-state index contributed by atoms with van der Waals surface area (Å²) in [4.78, 5) is 23.9. The number of ether oxygens (including phenoxy) is 1. The smallest absolute Gasteiger partial charge is 0.166 e. The van der Waals surface area contributed by atoms with Gasteiger partial charge in [0.2, 0.25) is 0 Å². The van der Waals surface area contributed by atoms with Crippen LogP contribution < -0.4 is 0 Å². The summed E-state index contributed by atoms with van der Waals surface area (Å²) in [7, 11) is 1.42. The third kappa shape index (κ3) is 1.21. The second-order valence-electron chi connectivity index (χ2n) is 4.72. The van der Waals surface area contributed by atoms with Crippen molar-refractivity contribution < 1.29 is 19.4 Å². The first-order valence-corrected chi connectivity index (χ1v) is 6.50. The molecule has 0 aromatic rings. The van der Waals surface area contributed by atoms with Crippen LogP contribution in [0, 0.1) is 17.8 Å². The molecule has 4 bridgehead atoms. The number of carbonyl (C=O) groups excluding carboxylic acids is 2. The fourth-order valence-corrected chi connectivity index (χ4v) is 4.33. The van der Waals surface area contributed by atoms with Crippen molar-refractivity contribution in [1.29, 1.82) is 0 Å². The standard InChI is InChI=1S/C12H11IO4/c1-17-10-4-8(14)5-2-7(13)6-3-9(15)11(5)12(6,10)16/h2,4-6,11,16H,3H2,1H3/t5?,6-,11?,12+/m1/s1. The minimum atomic E-state index is -1.31. The third-order valence-corrected chi connectivity index (χ3v) is 5.12. The summed E-state index contributed by atoms with van der Waals surface area (Å²) in [5.74, 6) is -1.38. The summed E-state index contributed by atoms with van der Waals surface area (Å²) >= 11 is 2.10. The molecule has 1 N–H and O–H groups in total. The maximum atomic E-state index is 12.0. The average molecular weight is 346 g/mol. The molecular weight excluding hydrogens is 335 g/mol. The molecular formula is C12H11IO4. The predicted octanol–water partition coefficient (Wildman–Crippen LogP) is 0.984. The van der Waals surface area contributed by atoms with E-state index in [1.807, 2.05) is 6.08 Å². The molecule has 4 nitrogen and oxygen atoms in total. The zero-order chi connectivity index (χ0) is 12.4. The van der Waals surface area contributed by atoms with Crippen LogP contribution in [-0.4, -0.2) is 29.4 Å². The van der Waals surface area contributed by atoms with Gasteiger partial charge in [-0.25, -0.2) is 0 Å². The molecule has 3 rings (SSSR count). The van der Waals surface area contributed by atoms with Crippen LogP contribution in [0.1, 0.15) is 6.42 Å². The first-order valence-electron chi connectivity index (χ1n) is 5.42. The highest BCUT2D eigenvalue weighted by atomic mass is 127. The Morgan fingerprint density at radius 1 is 1.53 bits per heavy atom. The van der Waals surface area contributed by atoms with Gasteiger partial charge in [0.05, 0.1) is 18.9 Å². The van der Waals surface area contributed by atoms with Gasteiger partial charge in [-0.3, -0.25) is 9.59 Å². The average Bonchev–Trinajstić information content (AvgIpc) is 2.46. The first kappa shape index (κ1) is 11.4. The Morgan fingerprint density at radius 3 is 2.88 bits per heavy atom. The van der Waals surface area contributed by atoms with E-state index >= 15 is 0 Å². The number of hydrogen-bond donors (Lipinski definition) is 1. The molecule has 90 valence electrons. The molecule has 0 saturated heterocycles. The van der Waals surface area contributed by atoms with Gasteiger partial charge in [-0.2, -0.15) is 0 Å². The maximum absolute atomic E-state index is 12.0. The normalized spacial score (nSPS) is 43.4. The lowest BCUT2D eigenvalue weighted by atomic mass is 9.66. The van der Waals surface area contributed by atoms with E-state index in [2.05, 4.69) is 22.6 Å². The van der Waals surface area contributed by atoms with Crippen molar-refractivity contribution in [3.05, 3.63) is 21.5 Å². The lowest BCUT2D eigenvalue weighted by Crippen LogP contribution is -2.53. The summed E-state index contributed by atoms with van der Waals surface area (Å²) in [5.41, 5.74) is -1.31. The van der Waals surface area contributed by atoms with E-state index in [0.29, 0.717) is 6.42 Å². The molecule has 4 atom stereocenters. The van der Waals surface area contributed by atoms with E-state index < -0.39 is 17.4 Å². The number of hydrogen-bond acceptors (Lipinski definition) is 4. The Kier molecular flexibility index (Phi) is 2.29. The molecule has 2 unspecified atom stereocenters. The van der Waals surface area contributed by atoms with Crippen molar-refractivity contribution in [3.8, 4) is 0 Å². The maximum Gasteiger partial charge on any atom is 0.166 e. The molecule has 0 radical (unpaired) electrons. The van der Waals surface area contributed by atoms with E-state index in [0.717, 1.165) is 3.58 Å². The van der Waals surface area contributed by atoms with Crippen LogP contribution in [0.25, 0.3) is 0 Å². The quantitative estimate of drug-likeness (QED) is 0.720. The second kappa shape index (κ2) is 3.41. The highest BCUT2D eigenvalue weighted by Gasteiger charge is 2.65. The summed E-state index contributed by atoms with van der Waals surface area (Å²) in [6.07, 6.45) is 3.45. The van der Waals surface area contributed by atoms with Crippen LogP contribution in [0.3, 0.4) is 0 Å². The molecule has 0 heterocycles. The lowest BCUT2D eigenvalue weighted by molar-refractivity contribution is -0.137. The van der Waals surface area contributed by atoms with Crippen LogP contribution in [-0.2, 0) is 14.3 Å². The Bertz CT molecular complexity index is 493. The lowest BCUT2D eigenvalue weighted by Gasteiger charge is -2.43. The number of carbonyl (C=O) groups is 2. The van der Waals surface area contributed by atoms with Crippen LogP contribution in [0.5, 0.6) is 0 Å². The molecule has 5 heteroatoms. The molecule has 0 spiro atoms. The number of aliphatic hydroxyl groups is 1. The summed E-state index contributed by atoms with van der Waals surface area (Å²) in [6, 6.07) is 0. The fourth-order valence-electron chi connectivity index (χ4n) is 3.25. The van der Waals surface area contributed by atoms with Crippen LogP contribution in [0.15, 0.2) is 21.5 Å². The monoisotopic (exact) mass is 346 g/mol. The molecule has 3 aliphatic carbocycles. The van der Waals surface area contributed by atoms with Crippen molar-refractivity contribution >= 4 is 34.2 Å². The molecule has 1 fully saturated rings. The summed E-state index contributed by atoms with van der Waals surface area (Å²) < 4.78 is 6.02. The Hall–Kier alpha value is -0.690. The van der Waals surface area contributed by atoms with Crippen molar-refractivity contribution in [2.75, 3.05) is 7.11 Å². The number of rotatable bonds is 1. The zero-order valence-corrected chi connectivity index (χ0v) is 11.3. The van der Waals surface area contributed by atoms with E-state index in [1.165, 1.54) is 13.2 Å². The minimum absolute atomic E-state index is 0.0404. The van der Waals surface area contributed by atoms with Gasteiger partial charge in [0.15, 0.2) is 5.78 Å². The van der Waals surface area contributed by atoms with Gasteiger partial charge in [0, 0.05) is 18.4 Å². The Balaban J connectivity index is 2.26. The molecule has 3 aliphatic rings. The van der Waals surface area contributed by atoms with Crippen molar-refractivity contribution in [2.45, 2.75) is 12.0 Å². The van der Waals surface area contributed by atoms with E-state index in [1.54, 1.807) is 0 Å². The van der Waals surface area contributed by atoms with Crippen molar-refractivity contribution in [3.63, 3.8) is 0 Å². The molecule has 0 aromatic carbocycles. The Labute approximate surface area is 112 Å². The van der Waals surface area contributed by atoms with Gasteiger partial charge in [-0.15, -0.1) is 0 Å². The van der Waals surface area contributed by atoms with Gasteiger partial charge in [-0.05, 0) is 26.2 Å². The number of methoxy groups -OCH3 is 1. The Morgan fingerprint density at radius 2 is 2.24 bits per heavy atom. The first-order chi connectivity index (χ1) is 8.00. The van der Waals surface area contributed by atoms with Crippen molar-refractivity contribution in [2.24, 2.45) is 17.8 Å². The van der Waals surface area contributed by atoms with Crippen LogP contribution in [0.4, 0.5) is 0 Å². The molecule has 0 amide bonds. The summed E-state index contributed by atoms with van der Waals surface area (Å²) in [5, 5.41) is 10.8. The molecule has 17 heavy (non-hydrogen) atoms. The van der Waals surface area contributed by atoms with Crippen molar-refractivity contribution in [1.82, 2.24) is 0 Å². The van der Waals surface area contributed by atoms with Gasteiger partial charge in [-0.1, -0.05) is 6.08 Å². The molecule has 0 aliphatic heterocycles. The third-order valence-electron chi connectivity index (χ3n) is 4.00. The van der Waals surface area contributed by atoms with E-state index in [9.17, 15) is 14.7 Å². The summed E-state index contributed by atoms with van der Waals surface area (Å²) in [6.45, 7) is 0. The zero-order valence-electron chi connectivity index (χ0n) is 9.14. The molecule has 0 aromatic heterocycles.